The zero-order valence-corrected chi connectivity index (χ0v) is 14.5. The SMILES string of the molecule is CC(C)N(CCc1nccs1)C(=O)c1cc(C(=O)O)cc([N+](=O)[O-])c1. The first kappa shape index (κ1) is 18.5. The molecule has 0 atom stereocenters. The van der Waals surface area contributed by atoms with Crippen LogP contribution in [0.5, 0.6) is 0 Å². The molecular weight excluding hydrogens is 346 g/mol. The molecule has 0 bridgehead atoms. The van der Waals surface area contributed by atoms with Crippen LogP contribution in [0, 0.1) is 10.1 Å². The zero-order valence-electron chi connectivity index (χ0n) is 13.7. The molecule has 0 fully saturated rings. The number of nitro groups is 1. The number of nitrogens with zero attached hydrogens (tertiary/aromatic N) is 3. The van der Waals surface area contributed by atoms with Crippen LogP contribution in [0.1, 0.15) is 39.6 Å². The Morgan fingerprint density at radius 3 is 2.52 bits per heavy atom. The lowest BCUT2D eigenvalue weighted by molar-refractivity contribution is -0.384. The van der Waals surface area contributed by atoms with Gasteiger partial charge in [-0.3, -0.25) is 14.9 Å². The number of hydrogen-bond acceptors (Lipinski definition) is 6. The minimum Gasteiger partial charge on any atom is -0.478 e. The molecule has 1 aromatic heterocycles. The third-order valence-electron chi connectivity index (χ3n) is 3.56. The van der Waals surface area contributed by atoms with Gasteiger partial charge in [-0.2, -0.15) is 0 Å². The smallest absolute Gasteiger partial charge is 0.335 e. The molecule has 9 heteroatoms. The van der Waals surface area contributed by atoms with Crippen LogP contribution in [-0.4, -0.2) is 44.4 Å². The van der Waals surface area contributed by atoms with Crippen molar-refractivity contribution in [2.45, 2.75) is 26.3 Å². The van der Waals surface area contributed by atoms with E-state index in [1.54, 1.807) is 11.1 Å². The van der Waals surface area contributed by atoms with Crippen LogP contribution in [0.3, 0.4) is 0 Å². The summed E-state index contributed by atoms with van der Waals surface area (Å²) in [5.41, 5.74) is -0.729. The summed E-state index contributed by atoms with van der Waals surface area (Å²) in [6, 6.07) is 3.05. The lowest BCUT2D eigenvalue weighted by Gasteiger charge is -2.26. The predicted molar refractivity (Wildman–Crippen MR) is 92.0 cm³/mol. The summed E-state index contributed by atoms with van der Waals surface area (Å²) >= 11 is 1.48. The van der Waals surface area contributed by atoms with E-state index in [-0.39, 0.29) is 17.2 Å². The van der Waals surface area contributed by atoms with Crippen molar-refractivity contribution in [2.24, 2.45) is 0 Å². The van der Waals surface area contributed by atoms with Crippen molar-refractivity contribution in [3.63, 3.8) is 0 Å². The first-order valence-corrected chi connectivity index (χ1v) is 8.39. The molecule has 132 valence electrons. The predicted octanol–water partition coefficient (Wildman–Crippen LogP) is 2.84. The monoisotopic (exact) mass is 363 g/mol. The Morgan fingerprint density at radius 1 is 1.32 bits per heavy atom. The Morgan fingerprint density at radius 2 is 2.00 bits per heavy atom. The fourth-order valence-electron chi connectivity index (χ4n) is 2.32. The van der Waals surface area contributed by atoms with Crippen molar-refractivity contribution >= 4 is 28.9 Å². The van der Waals surface area contributed by atoms with Crippen LogP contribution in [-0.2, 0) is 6.42 Å². The topological polar surface area (TPSA) is 114 Å². The van der Waals surface area contributed by atoms with Crippen molar-refractivity contribution in [3.8, 4) is 0 Å². The van der Waals surface area contributed by atoms with Crippen LogP contribution >= 0.6 is 11.3 Å². The molecule has 1 heterocycles. The van der Waals surface area contributed by atoms with E-state index in [0.29, 0.717) is 13.0 Å². The molecular formula is C16H17N3O5S. The van der Waals surface area contributed by atoms with Gasteiger partial charge in [-0.15, -0.1) is 11.3 Å². The van der Waals surface area contributed by atoms with Gasteiger partial charge in [0, 0.05) is 48.3 Å². The Labute approximate surface area is 147 Å². The number of carbonyl (C=O) groups is 2. The number of amides is 1. The lowest BCUT2D eigenvalue weighted by atomic mass is 10.1. The molecule has 0 spiro atoms. The van der Waals surface area contributed by atoms with Gasteiger partial charge in [0.15, 0.2) is 0 Å². The summed E-state index contributed by atoms with van der Waals surface area (Å²) in [4.78, 5) is 40.0. The van der Waals surface area contributed by atoms with Crippen LogP contribution < -0.4 is 0 Å². The highest BCUT2D eigenvalue weighted by Gasteiger charge is 2.23. The maximum Gasteiger partial charge on any atom is 0.335 e. The van der Waals surface area contributed by atoms with Gasteiger partial charge in [0.05, 0.1) is 15.5 Å². The van der Waals surface area contributed by atoms with Gasteiger partial charge in [0.25, 0.3) is 11.6 Å². The lowest BCUT2D eigenvalue weighted by Crippen LogP contribution is -2.38. The van der Waals surface area contributed by atoms with Gasteiger partial charge in [0.1, 0.15) is 0 Å². The summed E-state index contributed by atoms with van der Waals surface area (Å²) in [5, 5.41) is 22.9. The zero-order chi connectivity index (χ0) is 18.6. The summed E-state index contributed by atoms with van der Waals surface area (Å²) in [6.07, 6.45) is 2.24. The second-order valence-electron chi connectivity index (χ2n) is 5.60. The normalized spacial score (nSPS) is 10.7. The van der Waals surface area contributed by atoms with Gasteiger partial charge in [-0.25, -0.2) is 9.78 Å². The molecule has 0 saturated heterocycles. The maximum atomic E-state index is 12.8. The van der Waals surface area contributed by atoms with Crippen molar-refractivity contribution in [1.29, 1.82) is 0 Å². The third-order valence-corrected chi connectivity index (χ3v) is 4.40. The Kier molecular flexibility index (Phi) is 5.81. The second-order valence-corrected chi connectivity index (χ2v) is 6.58. The van der Waals surface area contributed by atoms with Gasteiger partial charge < -0.3 is 10.0 Å². The number of hydrogen-bond donors (Lipinski definition) is 1. The van der Waals surface area contributed by atoms with E-state index in [1.165, 1.54) is 11.3 Å². The van der Waals surface area contributed by atoms with Crippen LogP contribution in [0.25, 0.3) is 0 Å². The highest BCUT2D eigenvalue weighted by Crippen LogP contribution is 2.20. The summed E-state index contributed by atoms with van der Waals surface area (Å²) in [6.45, 7) is 4.04. The first-order valence-electron chi connectivity index (χ1n) is 7.51. The summed E-state index contributed by atoms with van der Waals surface area (Å²) in [5.74, 6) is -1.77. The largest absolute Gasteiger partial charge is 0.478 e. The number of rotatable bonds is 7. The molecule has 2 aromatic rings. The maximum absolute atomic E-state index is 12.8. The van der Waals surface area contributed by atoms with Crippen molar-refractivity contribution in [3.05, 3.63) is 56.0 Å². The van der Waals surface area contributed by atoms with Gasteiger partial charge in [-0.1, -0.05) is 0 Å². The number of benzene rings is 1. The number of nitro benzene ring substituents is 1. The minimum absolute atomic E-state index is 0.0144. The molecule has 8 nitrogen and oxygen atoms in total. The molecule has 0 radical (unpaired) electrons. The van der Waals surface area contributed by atoms with E-state index in [4.69, 9.17) is 5.11 Å². The molecule has 0 unspecified atom stereocenters. The molecule has 2 rings (SSSR count). The molecule has 0 aliphatic heterocycles. The van der Waals surface area contributed by atoms with Crippen molar-refractivity contribution in [2.75, 3.05) is 6.54 Å². The number of thiazole rings is 1. The number of carbonyl (C=O) groups excluding carboxylic acids is 1. The quantitative estimate of drug-likeness (QED) is 0.598. The van der Waals surface area contributed by atoms with E-state index in [2.05, 4.69) is 4.98 Å². The molecule has 0 saturated carbocycles. The van der Waals surface area contributed by atoms with Gasteiger partial charge in [-0.05, 0) is 19.9 Å². The van der Waals surface area contributed by atoms with Crippen molar-refractivity contribution < 1.29 is 19.6 Å². The average Bonchev–Trinajstić information content (AvgIpc) is 3.07. The standard InChI is InChI=1S/C16H17N3O5S/c1-10(2)18(5-3-14-17-4-6-25-14)15(20)11-7-12(16(21)22)9-13(8-11)19(23)24/h4,6-10H,3,5H2,1-2H3,(H,21,22). The number of carboxylic acids is 1. The van der Waals surface area contributed by atoms with Gasteiger partial charge in [0.2, 0.25) is 0 Å². The Hall–Kier alpha value is -2.81. The number of aromatic carboxylic acids is 1. The average molecular weight is 363 g/mol. The van der Waals surface area contributed by atoms with E-state index < -0.39 is 22.5 Å². The van der Waals surface area contributed by atoms with E-state index >= 15 is 0 Å². The molecule has 1 amide bonds. The summed E-state index contributed by atoms with van der Waals surface area (Å²) < 4.78 is 0. The molecule has 1 aromatic carbocycles. The second kappa shape index (κ2) is 7.84. The highest BCUT2D eigenvalue weighted by molar-refractivity contribution is 7.09. The highest BCUT2D eigenvalue weighted by atomic mass is 32.1. The fraction of sp³-hybridized carbons (Fsp3) is 0.312. The number of carboxylic acid groups (broad SMARTS) is 1. The van der Waals surface area contributed by atoms with Gasteiger partial charge >= 0.3 is 5.97 Å². The van der Waals surface area contributed by atoms with Crippen LogP contribution in [0.4, 0.5) is 5.69 Å². The number of aromatic nitrogens is 1. The Balaban J connectivity index is 2.31. The molecule has 0 aliphatic carbocycles. The van der Waals surface area contributed by atoms with Crippen LogP contribution in [0.15, 0.2) is 29.8 Å². The van der Waals surface area contributed by atoms with E-state index in [0.717, 1.165) is 23.2 Å². The fourth-order valence-corrected chi connectivity index (χ4v) is 2.93. The summed E-state index contributed by atoms with van der Waals surface area (Å²) in [7, 11) is 0. The third kappa shape index (κ3) is 4.60. The van der Waals surface area contributed by atoms with Crippen molar-refractivity contribution in [1.82, 2.24) is 9.88 Å². The number of non-ortho nitro benzene ring substituents is 1. The molecule has 1 N–H and O–H groups in total. The van der Waals surface area contributed by atoms with Crippen LogP contribution in [0.2, 0.25) is 0 Å². The van der Waals surface area contributed by atoms with E-state index in [1.807, 2.05) is 19.2 Å². The minimum atomic E-state index is -1.32. The molecule has 25 heavy (non-hydrogen) atoms. The Bertz CT molecular complexity index is 757. The molecule has 0 aliphatic rings. The first-order chi connectivity index (χ1) is 11.8. The van der Waals surface area contributed by atoms with E-state index in [9.17, 15) is 19.7 Å².